The summed E-state index contributed by atoms with van der Waals surface area (Å²) in [5.41, 5.74) is 0.720. The zero-order chi connectivity index (χ0) is 15.6. The molecule has 0 bridgehead atoms. The predicted molar refractivity (Wildman–Crippen MR) is 83.2 cm³/mol. The lowest BCUT2D eigenvalue weighted by Crippen LogP contribution is -2.02. The monoisotopic (exact) mass is 345 g/mol. The van der Waals surface area contributed by atoms with Gasteiger partial charge >= 0.3 is 5.97 Å². The normalized spacial score (nSPS) is 11.3. The maximum atomic E-state index is 11.5. The molecule has 2 rings (SSSR count). The minimum absolute atomic E-state index is 0.173. The van der Waals surface area contributed by atoms with E-state index < -0.39 is 15.8 Å². The van der Waals surface area contributed by atoms with Gasteiger partial charge in [-0.2, -0.15) is 0 Å². The van der Waals surface area contributed by atoms with Gasteiger partial charge in [-0.3, -0.25) is 0 Å². The van der Waals surface area contributed by atoms with E-state index in [1.807, 2.05) is 0 Å². The summed E-state index contributed by atoms with van der Waals surface area (Å²) >= 11 is 7.33. The van der Waals surface area contributed by atoms with Gasteiger partial charge in [-0.15, -0.1) is 11.3 Å². The van der Waals surface area contributed by atoms with Gasteiger partial charge in [0.25, 0.3) is 0 Å². The second-order valence-corrected chi connectivity index (χ2v) is 7.79. The van der Waals surface area contributed by atoms with E-state index in [1.165, 1.54) is 29.5 Å². The lowest BCUT2D eigenvalue weighted by atomic mass is 10.3. The molecule has 0 amide bonds. The summed E-state index contributed by atoms with van der Waals surface area (Å²) in [6.07, 6.45) is 1.12. The molecule has 0 fully saturated rings. The van der Waals surface area contributed by atoms with Crippen LogP contribution >= 0.6 is 22.9 Å². The fraction of sp³-hybridized carbons (Fsp3) is 0.154. The second kappa shape index (κ2) is 6.05. The van der Waals surface area contributed by atoms with E-state index in [1.54, 1.807) is 11.4 Å². The molecule has 5 nitrogen and oxygen atoms in total. The van der Waals surface area contributed by atoms with Gasteiger partial charge in [-0.05, 0) is 24.3 Å². The molecular weight excluding hydrogens is 334 g/mol. The van der Waals surface area contributed by atoms with Gasteiger partial charge in [-0.1, -0.05) is 11.6 Å². The SMILES string of the molecule is CS(=O)(=O)c1ccc(Cl)c(NCc2cc(C(=O)O)cs2)c1. The van der Waals surface area contributed by atoms with E-state index in [-0.39, 0.29) is 10.5 Å². The minimum atomic E-state index is -3.31. The molecule has 0 aliphatic carbocycles. The van der Waals surface area contributed by atoms with Crippen LogP contribution in [0.2, 0.25) is 5.02 Å². The first kappa shape index (κ1) is 15.8. The number of benzene rings is 1. The zero-order valence-corrected chi connectivity index (χ0v) is 13.3. The van der Waals surface area contributed by atoms with E-state index in [0.29, 0.717) is 17.3 Å². The van der Waals surface area contributed by atoms with E-state index in [4.69, 9.17) is 16.7 Å². The average molecular weight is 346 g/mol. The fourth-order valence-corrected chi connectivity index (χ4v) is 3.27. The van der Waals surface area contributed by atoms with Gasteiger partial charge in [0.05, 0.1) is 21.2 Å². The van der Waals surface area contributed by atoms with Crippen molar-refractivity contribution in [3.63, 3.8) is 0 Å². The molecule has 1 aromatic heterocycles. The molecule has 1 heterocycles. The Kier molecular flexibility index (Phi) is 4.55. The molecule has 2 N–H and O–H groups in total. The average Bonchev–Trinajstić information content (AvgIpc) is 2.85. The van der Waals surface area contributed by atoms with Crippen molar-refractivity contribution >= 4 is 44.4 Å². The molecular formula is C13H12ClNO4S2. The number of anilines is 1. The molecule has 21 heavy (non-hydrogen) atoms. The number of hydrogen-bond acceptors (Lipinski definition) is 5. The fourth-order valence-electron chi connectivity index (χ4n) is 1.64. The summed E-state index contributed by atoms with van der Waals surface area (Å²) in [5, 5.41) is 13.8. The third-order valence-electron chi connectivity index (χ3n) is 2.72. The summed E-state index contributed by atoms with van der Waals surface area (Å²) in [4.78, 5) is 11.8. The summed E-state index contributed by atoms with van der Waals surface area (Å²) in [6.45, 7) is 0.366. The highest BCUT2D eigenvalue weighted by Gasteiger charge is 2.11. The smallest absolute Gasteiger partial charge is 0.336 e. The third-order valence-corrected chi connectivity index (χ3v) is 5.10. The van der Waals surface area contributed by atoms with Crippen molar-refractivity contribution in [3.05, 3.63) is 45.1 Å². The number of carbonyl (C=O) groups is 1. The highest BCUT2D eigenvalue weighted by atomic mass is 35.5. The molecule has 0 saturated heterocycles. The zero-order valence-electron chi connectivity index (χ0n) is 11.0. The molecule has 0 aliphatic rings. The van der Waals surface area contributed by atoms with Crippen molar-refractivity contribution in [2.24, 2.45) is 0 Å². The first-order valence-corrected chi connectivity index (χ1v) is 8.96. The molecule has 1 aromatic carbocycles. The summed E-state index contributed by atoms with van der Waals surface area (Å²) in [7, 11) is -3.31. The number of sulfone groups is 1. The standard InChI is InChI=1S/C13H12ClNO4S2/c1-21(18,19)10-2-3-11(14)12(5-10)15-6-9-4-8(7-20-9)13(16)17/h2-5,7,15H,6H2,1H3,(H,16,17). The van der Waals surface area contributed by atoms with Crippen molar-refractivity contribution in [1.29, 1.82) is 0 Å². The summed E-state index contributed by atoms with van der Waals surface area (Å²) in [5.74, 6) is -0.977. The Morgan fingerprint density at radius 1 is 1.38 bits per heavy atom. The van der Waals surface area contributed by atoms with Gasteiger partial charge in [0.1, 0.15) is 0 Å². The third kappa shape index (κ3) is 3.96. The van der Waals surface area contributed by atoms with E-state index in [9.17, 15) is 13.2 Å². The number of aromatic carboxylic acids is 1. The van der Waals surface area contributed by atoms with Crippen LogP contribution < -0.4 is 5.32 Å². The molecule has 2 aromatic rings. The number of halogens is 1. The van der Waals surface area contributed by atoms with Crippen LogP contribution in [0.15, 0.2) is 34.5 Å². The van der Waals surface area contributed by atoms with Crippen molar-refractivity contribution in [2.75, 3.05) is 11.6 Å². The van der Waals surface area contributed by atoms with Crippen molar-refractivity contribution in [1.82, 2.24) is 0 Å². The van der Waals surface area contributed by atoms with Gasteiger partial charge < -0.3 is 10.4 Å². The Morgan fingerprint density at radius 3 is 2.67 bits per heavy atom. The van der Waals surface area contributed by atoms with Crippen LogP contribution in [-0.2, 0) is 16.4 Å². The Balaban J connectivity index is 2.17. The number of rotatable bonds is 5. The highest BCUT2D eigenvalue weighted by molar-refractivity contribution is 7.90. The van der Waals surface area contributed by atoms with Crippen molar-refractivity contribution in [3.8, 4) is 0 Å². The van der Waals surface area contributed by atoms with Crippen LogP contribution in [0.1, 0.15) is 15.2 Å². The Morgan fingerprint density at radius 2 is 2.10 bits per heavy atom. The van der Waals surface area contributed by atoms with E-state index >= 15 is 0 Å². The predicted octanol–water partition coefficient (Wildman–Crippen LogP) is 3.12. The Bertz CT molecular complexity index is 783. The molecule has 8 heteroatoms. The minimum Gasteiger partial charge on any atom is -0.478 e. The number of thiophene rings is 1. The number of carboxylic acids is 1. The number of nitrogens with one attached hydrogen (secondary N) is 1. The summed E-state index contributed by atoms with van der Waals surface area (Å²) in [6, 6.07) is 5.98. The van der Waals surface area contributed by atoms with E-state index in [0.717, 1.165) is 11.1 Å². The largest absolute Gasteiger partial charge is 0.478 e. The quantitative estimate of drug-likeness (QED) is 0.869. The van der Waals surface area contributed by atoms with Crippen LogP contribution in [0.5, 0.6) is 0 Å². The van der Waals surface area contributed by atoms with Gasteiger partial charge in [-0.25, -0.2) is 13.2 Å². The van der Waals surface area contributed by atoms with Crippen molar-refractivity contribution < 1.29 is 18.3 Å². The molecule has 0 saturated carbocycles. The number of hydrogen-bond donors (Lipinski definition) is 2. The van der Waals surface area contributed by atoms with Crippen LogP contribution in [0.4, 0.5) is 5.69 Å². The lowest BCUT2D eigenvalue weighted by Gasteiger charge is -2.09. The second-order valence-electron chi connectivity index (χ2n) is 4.37. The Hall–Kier alpha value is -1.57. The first-order valence-electron chi connectivity index (χ1n) is 5.81. The number of carboxylic acid groups (broad SMARTS) is 1. The molecule has 0 atom stereocenters. The van der Waals surface area contributed by atoms with Gasteiger partial charge in [0, 0.05) is 23.1 Å². The van der Waals surface area contributed by atoms with Crippen LogP contribution in [0.3, 0.4) is 0 Å². The molecule has 0 radical (unpaired) electrons. The maximum absolute atomic E-state index is 11.5. The molecule has 0 aliphatic heterocycles. The highest BCUT2D eigenvalue weighted by Crippen LogP contribution is 2.26. The van der Waals surface area contributed by atoms with Crippen LogP contribution in [0.25, 0.3) is 0 Å². The van der Waals surface area contributed by atoms with Gasteiger partial charge in [0.2, 0.25) is 0 Å². The summed E-state index contributed by atoms with van der Waals surface area (Å²) < 4.78 is 23.0. The van der Waals surface area contributed by atoms with Crippen LogP contribution in [-0.4, -0.2) is 25.7 Å². The lowest BCUT2D eigenvalue weighted by molar-refractivity contribution is 0.0697. The van der Waals surface area contributed by atoms with Gasteiger partial charge in [0.15, 0.2) is 9.84 Å². The topological polar surface area (TPSA) is 83.5 Å². The Labute approximate surface area is 131 Å². The van der Waals surface area contributed by atoms with E-state index in [2.05, 4.69) is 5.32 Å². The molecule has 0 unspecified atom stereocenters. The maximum Gasteiger partial charge on any atom is 0.336 e. The van der Waals surface area contributed by atoms with Crippen molar-refractivity contribution in [2.45, 2.75) is 11.4 Å². The molecule has 112 valence electrons. The van der Waals surface area contributed by atoms with Crippen LogP contribution in [0, 0.1) is 0 Å². The first-order chi connectivity index (χ1) is 9.77. The molecule has 0 spiro atoms.